The van der Waals surface area contributed by atoms with Gasteiger partial charge in [0.1, 0.15) is 0 Å². The lowest BCUT2D eigenvalue weighted by Gasteiger charge is -2.43. The van der Waals surface area contributed by atoms with E-state index in [4.69, 9.17) is 4.74 Å². The standard InChI is InChI=1S/C17H24N2O5S/c1-2-3-7-11-19-12-10-18-15(25(22)23)17(19,16(20)21)24-13-14-8-5-4-6-9-14/h4-6,8-9,18H,2-3,7,10-13H2,1H3,(H,20,21). The maximum Gasteiger partial charge on any atom is 0.358 e. The first-order valence-corrected chi connectivity index (χ1v) is 9.46. The maximum absolute atomic E-state index is 12.2. The lowest BCUT2D eigenvalue weighted by atomic mass is 10.1. The Morgan fingerprint density at radius 1 is 1.32 bits per heavy atom. The molecule has 1 atom stereocenters. The number of ether oxygens (including phenoxy) is 1. The summed E-state index contributed by atoms with van der Waals surface area (Å²) < 4.78 is 29.2. The van der Waals surface area contributed by atoms with Gasteiger partial charge in [-0.1, -0.05) is 50.1 Å². The molecule has 1 aromatic carbocycles. The van der Waals surface area contributed by atoms with Crippen LogP contribution in [0.15, 0.2) is 30.3 Å². The molecular weight excluding hydrogens is 344 g/mol. The highest BCUT2D eigenvalue weighted by atomic mass is 32.2. The fourth-order valence-electron chi connectivity index (χ4n) is 2.93. The lowest BCUT2D eigenvalue weighted by Crippen LogP contribution is -2.70. The molecule has 1 aliphatic heterocycles. The molecule has 0 aliphatic carbocycles. The summed E-state index contributed by atoms with van der Waals surface area (Å²) in [7, 11) is -2.72. The van der Waals surface area contributed by atoms with Gasteiger partial charge in [-0.3, -0.25) is 10.2 Å². The van der Waals surface area contributed by atoms with Crippen molar-refractivity contribution in [2.45, 2.75) is 38.5 Å². The van der Waals surface area contributed by atoms with Crippen LogP contribution in [0.2, 0.25) is 0 Å². The predicted molar refractivity (Wildman–Crippen MR) is 94.6 cm³/mol. The number of unbranched alkanes of at least 4 members (excludes halogenated alkanes) is 2. The Bertz CT molecular complexity index is 712. The summed E-state index contributed by atoms with van der Waals surface area (Å²) in [4.78, 5) is 13.4. The number of carboxylic acid groups (broad SMARTS) is 1. The number of hydrogen-bond acceptors (Lipinski definition) is 5. The van der Waals surface area contributed by atoms with E-state index in [0.29, 0.717) is 19.6 Å². The third-order valence-electron chi connectivity index (χ3n) is 4.20. The Balaban J connectivity index is 2.36. The Morgan fingerprint density at radius 2 is 2.04 bits per heavy atom. The molecule has 25 heavy (non-hydrogen) atoms. The summed E-state index contributed by atoms with van der Waals surface area (Å²) in [6.45, 7) is 3.26. The molecule has 0 aromatic heterocycles. The quantitative estimate of drug-likeness (QED) is 0.524. The number of hydrogen-bond donors (Lipinski definition) is 2. The number of aliphatic carboxylic acids is 1. The van der Waals surface area contributed by atoms with Crippen LogP contribution in [0.4, 0.5) is 0 Å². The van der Waals surface area contributed by atoms with Gasteiger partial charge in [-0.2, -0.15) is 8.42 Å². The molecule has 2 rings (SSSR count). The largest absolute Gasteiger partial charge is 0.478 e. The lowest BCUT2D eigenvalue weighted by molar-refractivity contribution is -0.183. The van der Waals surface area contributed by atoms with Crippen molar-refractivity contribution in [3.8, 4) is 0 Å². The summed E-state index contributed by atoms with van der Waals surface area (Å²) in [5.74, 6) is -1.33. The van der Waals surface area contributed by atoms with Crippen molar-refractivity contribution in [3.05, 3.63) is 35.9 Å². The molecule has 1 unspecified atom stereocenters. The molecule has 0 spiro atoms. The van der Waals surface area contributed by atoms with E-state index in [1.807, 2.05) is 18.2 Å². The molecule has 1 heterocycles. The van der Waals surface area contributed by atoms with Crippen LogP contribution in [0.3, 0.4) is 0 Å². The second-order valence-electron chi connectivity index (χ2n) is 5.91. The topological polar surface area (TPSA) is 95.9 Å². The Kier molecular flexibility index (Phi) is 7.12. The van der Waals surface area contributed by atoms with Crippen LogP contribution < -0.4 is 5.32 Å². The molecule has 7 nitrogen and oxygen atoms in total. The molecule has 1 fully saturated rings. The van der Waals surface area contributed by atoms with Gasteiger partial charge in [0, 0.05) is 19.6 Å². The van der Waals surface area contributed by atoms with Crippen molar-refractivity contribution in [3.63, 3.8) is 0 Å². The molecule has 0 bridgehead atoms. The number of benzene rings is 1. The molecule has 8 heteroatoms. The fraction of sp³-hybridized carbons (Fsp3) is 0.529. The van der Waals surface area contributed by atoms with E-state index in [-0.39, 0.29) is 11.6 Å². The third kappa shape index (κ3) is 4.46. The first kappa shape index (κ1) is 19.6. The third-order valence-corrected chi connectivity index (χ3v) is 4.95. The van der Waals surface area contributed by atoms with E-state index in [2.05, 4.69) is 12.2 Å². The minimum atomic E-state index is -2.72. The van der Waals surface area contributed by atoms with Crippen LogP contribution in [0.1, 0.15) is 31.7 Å². The van der Waals surface area contributed by atoms with E-state index in [1.165, 1.54) is 0 Å². The summed E-state index contributed by atoms with van der Waals surface area (Å²) in [6.07, 6.45) is 2.70. The van der Waals surface area contributed by atoms with Crippen LogP contribution in [0.25, 0.3) is 0 Å². The van der Waals surface area contributed by atoms with E-state index in [1.54, 1.807) is 17.0 Å². The van der Waals surface area contributed by atoms with Crippen LogP contribution in [-0.2, 0) is 26.4 Å². The van der Waals surface area contributed by atoms with E-state index >= 15 is 0 Å². The fourth-order valence-corrected chi connectivity index (χ4v) is 3.65. The number of nitrogens with zero attached hydrogens (tertiary/aromatic N) is 1. The van der Waals surface area contributed by atoms with Gasteiger partial charge in [-0.25, -0.2) is 4.79 Å². The Hall–Kier alpha value is -1.74. The van der Waals surface area contributed by atoms with Crippen LogP contribution >= 0.6 is 0 Å². The first-order chi connectivity index (χ1) is 12.0. The van der Waals surface area contributed by atoms with Crippen molar-refractivity contribution in [1.82, 2.24) is 10.2 Å². The van der Waals surface area contributed by atoms with Gasteiger partial charge in [-0.05, 0) is 12.0 Å². The van der Waals surface area contributed by atoms with Gasteiger partial charge >= 0.3 is 5.97 Å². The summed E-state index contributed by atoms with van der Waals surface area (Å²) in [5, 5.41) is 12.6. The maximum atomic E-state index is 12.2. The van der Waals surface area contributed by atoms with Crippen molar-refractivity contribution in [2.75, 3.05) is 19.6 Å². The minimum Gasteiger partial charge on any atom is -0.478 e. The summed E-state index contributed by atoms with van der Waals surface area (Å²) in [6, 6.07) is 9.10. The van der Waals surface area contributed by atoms with Crippen molar-refractivity contribution < 1.29 is 23.1 Å². The molecule has 2 N–H and O–H groups in total. The number of carbonyl (C=O) groups is 1. The molecular formula is C17H24N2O5S. The zero-order chi connectivity index (χ0) is 18.3. The van der Waals surface area contributed by atoms with Gasteiger partial charge in [0.2, 0.25) is 10.3 Å². The number of rotatable bonds is 8. The molecule has 138 valence electrons. The Labute approximate surface area is 149 Å². The summed E-state index contributed by atoms with van der Waals surface area (Å²) in [5.41, 5.74) is -1.24. The van der Waals surface area contributed by atoms with Gasteiger partial charge in [0.15, 0.2) is 4.99 Å². The number of carboxylic acids is 1. The van der Waals surface area contributed by atoms with E-state index in [9.17, 15) is 18.3 Å². The average Bonchev–Trinajstić information content (AvgIpc) is 2.61. The predicted octanol–water partition coefficient (Wildman–Crippen LogP) is 1.09. The molecule has 0 amide bonds. The second-order valence-corrected chi connectivity index (χ2v) is 6.79. The van der Waals surface area contributed by atoms with E-state index < -0.39 is 22.0 Å². The molecule has 1 saturated heterocycles. The van der Waals surface area contributed by atoms with Crippen LogP contribution in [0.5, 0.6) is 0 Å². The molecule has 1 aromatic rings. The van der Waals surface area contributed by atoms with Crippen molar-refractivity contribution in [2.24, 2.45) is 0 Å². The normalized spacial score (nSPS) is 21.2. The molecule has 0 saturated carbocycles. The number of piperazine rings is 1. The highest BCUT2D eigenvalue weighted by Crippen LogP contribution is 2.24. The van der Waals surface area contributed by atoms with Gasteiger partial charge in [0.25, 0.3) is 5.72 Å². The smallest absolute Gasteiger partial charge is 0.358 e. The van der Waals surface area contributed by atoms with Crippen LogP contribution in [0, 0.1) is 0 Å². The molecule has 1 aliphatic rings. The molecule has 0 radical (unpaired) electrons. The van der Waals surface area contributed by atoms with Gasteiger partial charge in [-0.15, -0.1) is 0 Å². The Morgan fingerprint density at radius 3 is 2.64 bits per heavy atom. The zero-order valence-electron chi connectivity index (χ0n) is 14.3. The first-order valence-electron chi connectivity index (χ1n) is 8.39. The minimum absolute atomic E-state index is 0.000201. The average molecular weight is 368 g/mol. The number of nitrogens with one attached hydrogen (secondary N) is 1. The zero-order valence-corrected chi connectivity index (χ0v) is 15.1. The summed E-state index contributed by atoms with van der Waals surface area (Å²) >= 11 is 0. The van der Waals surface area contributed by atoms with Crippen molar-refractivity contribution >= 4 is 21.3 Å². The second kappa shape index (κ2) is 9.10. The highest BCUT2D eigenvalue weighted by Gasteiger charge is 2.53. The van der Waals surface area contributed by atoms with Gasteiger partial charge in [0.05, 0.1) is 6.61 Å². The van der Waals surface area contributed by atoms with Crippen molar-refractivity contribution in [1.29, 1.82) is 0 Å². The SMILES string of the molecule is CCCCCN1CCNC(=S(=O)=O)C1(OCc1ccccc1)C(=O)O. The van der Waals surface area contributed by atoms with Gasteiger partial charge < -0.3 is 9.84 Å². The monoisotopic (exact) mass is 368 g/mol. The highest BCUT2D eigenvalue weighted by molar-refractivity contribution is 7.73. The van der Waals surface area contributed by atoms with Crippen LogP contribution in [-0.4, -0.2) is 54.7 Å². The van der Waals surface area contributed by atoms with E-state index in [0.717, 1.165) is 24.8 Å².